The molecule has 22 heavy (non-hydrogen) atoms. The molecular weight excluding hydrogens is 268 g/mol. The Hall–Kier alpha value is -0.0800. The SMILES string of the molecule is CCC(CC)(CN)CCCCCCCCC1(N)CCCCC1. The van der Waals surface area contributed by atoms with Gasteiger partial charge in [-0.15, -0.1) is 0 Å². The largest absolute Gasteiger partial charge is 0.330 e. The van der Waals surface area contributed by atoms with E-state index in [9.17, 15) is 0 Å². The molecule has 0 aliphatic heterocycles. The highest BCUT2D eigenvalue weighted by Gasteiger charge is 2.26. The van der Waals surface area contributed by atoms with Crippen LogP contribution in [0.3, 0.4) is 0 Å². The van der Waals surface area contributed by atoms with Crippen LogP contribution in [0.15, 0.2) is 0 Å². The number of hydrogen-bond acceptors (Lipinski definition) is 2. The van der Waals surface area contributed by atoms with Gasteiger partial charge < -0.3 is 11.5 Å². The molecule has 0 bridgehead atoms. The summed E-state index contributed by atoms with van der Waals surface area (Å²) < 4.78 is 0. The lowest BCUT2D eigenvalue weighted by molar-refractivity contribution is 0.240. The molecule has 4 N–H and O–H groups in total. The van der Waals surface area contributed by atoms with Gasteiger partial charge in [-0.1, -0.05) is 71.6 Å². The van der Waals surface area contributed by atoms with E-state index >= 15 is 0 Å². The van der Waals surface area contributed by atoms with Crippen LogP contribution >= 0.6 is 0 Å². The molecule has 0 saturated heterocycles. The van der Waals surface area contributed by atoms with Gasteiger partial charge in [0.05, 0.1) is 0 Å². The molecule has 2 nitrogen and oxygen atoms in total. The maximum absolute atomic E-state index is 6.50. The minimum absolute atomic E-state index is 0.196. The standard InChI is InChI=1S/C20H42N2/c1-3-19(4-2,18-21)14-10-7-5-6-8-11-15-20(22)16-12-9-13-17-20/h3-18,21-22H2,1-2H3. The second-order valence-corrected chi connectivity index (χ2v) is 7.96. The Morgan fingerprint density at radius 2 is 1.36 bits per heavy atom. The molecule has 0 heterocycles. The van der Waals surface area contributed by atoms with Crippen LogP contribution in [0.5, 0.6) is 0 Å². The van der Waals surface area contributed by atoms with E-state index in [4.69, 9.17) is 11.5 Å². The topological polar surface area (TPSA) is 52.0 Å². The molecule has 0 radical (unpaired) electrons. The maximum Gasteiger partial charge on any atom is 0.0154 e. The minimum atomic E-state index is 0.196. The Kier molecular flexibility index (Phi) is 9.66. The molecule has 0 spiro atoms. The molecule has 0 unspecified atom stereocenters. The zero-order chi connectivity index (χ0) is 16.3. The highest BCUT2D eigenvalue weighted by Crippen LogP contribution is 2.32. The lowest BCUT2D eigenvalue weighted by Crippen LogP contribution is -2.41. The van der Waals surface area contributed by atoms with Crippen molar-refractivity contribution in [3.05, 3.63) is 0 Å². The molecule has 0 aromatic carbocycles. The Morgan fingerprint density at radius 3 is 1.91 bits per heavy atom. The summed E-state index contributed by atoms with van der Waals surface area (Å²) in [6.45, 7) is 5.45. The fraction of sp³-hybridized carbons (Fsp3) is 1.00. The van der Waals surface area contributed by atoms with E-state index in [2.05, 4.69) is 13.8 Å². The monoisotopic (exact) mass is 310 g/mol. The lowest BCUT2D eigenvalue weighted by Gasteiger charge is -2.33. The zero-order valence-electron chi connectivity index (χ0n) is 15.5. The first kappa shape index (κ1) is 20.0. The fourth-order valence-electron chi connectivity index (χ4n) is 4.18. The molecule has 0 aromatic heterocycles. The maximum atomic E-state index is 6.50. The van der Waals surface area contributed by atoms with Gasteiger partial charge >= 0.3 is 0 Å². The summed E-state index contributed by atoms with van der Waals surface area (Å²) >= 11 is 0. The van der Waals surface area contributed by atoms with Crippen LogP contribution in [0.1, 0.15) is 110 Å². The average molecular weight is 311 g/mol. The minimum Gasteiger partial charge on any atom is -0.330 e. The van der Waals surface area contributed by atoms with Gasteiger partial charge in [-0.05, 0) is 50.5 Å². The second-order valence-electron chi connectivity index (χ2n) is 7.96. The van der Waals surface area contributed by atoms with Gasteiger partial charge in [0.1, 0.15) is 0 Å². The summed E-state index contributed by atoms with van der Waals surface area (Å²) in [5.41, 5.74) is 13.1. The molecule has 0 amide bonds. The highest BCUT2D eigenvalue weighted by molar-refractivity contribution is 4.86. The molecule has 2 heteroatoms. The molecule has 1 aliphatic rings. The van der Waals surface area contributed by atoms with E-state index in [1.165, 1.54) is 96.3 Å². The number of hydrogen-bond donors (Lipinski definition) is 2. The number of unbranched alkanes of at least 4 members (excludes halogenated alkanes) is 5. The molecule has 132 valence electrons. The van der Waals surface area contributed by atoms with E-state index in [-0.39, 0.29) is 5.54 Å². The van der Waals surface area contributed by atoms with E-state index < -0.39 is 0 Å². The van der Waals surface area contributed by atoms with Crippen molar-refractivity contribution in [3.63, 3.8) is 0 Å². The van der Waals surface area contributed by atoms with Crippen molar-refractivity contribution in [2.75, 3.05) is 6.54 Å². The van der Waals surface area contributed by atoms with Crippen LogP contribution in [0.4, 0.5) is 0 Å². The third kappa shape index (κ3) is 7.00. The molecule has 0 atom stereocenters. The average Bonchev–Trinajstić information content (AvgIpc) is 2.55. The molecule has 1 rings (SSSR count). The van der Waals surface area contributed by atoms with Gasteiger partial charge in [0.15, 0.2) is 0 Å². The van der Waals surface area contributed by atoms with Crippen molar-refractivity contribution < 1.29 is 0 Å². The highest BCUT2D eigenvalue weighted by atomic mass is 14.7. The molecular formula is C20H42N2. The summed E-state index contributed by atoms with van der Waals surface area (Å²) in [6.07, 6.45) is 19.9. The van der Waals surface area contributed by atoms with E-state index in [0.29, 0.717) is 5.41 Å². The zero-order valence-corrected chi connectivity index (χ0v) is 15.5. The van der Waals surface area contributed by atoms with Crippen molar-refractivity contribution in [1.82, 2.24) is 0 Å². The van der Waals surface area contributed by atoms with Crippen LogP contribution in [0.25, 0.3) is 0 Å². The lowest BCUT2D eigenvalue weighted by atomic mass is 9.77. The van der Waals surface area contributed by atoms with Crippen LogP contribution in [-0.2, 0) is 0 Å². The van der Waals surface area contributed by atoms with Crippen molar-refractivity contribution in [3.8, 4) is 0 Å². The molecule has 1 fully saturated rings. The van der Waals surface area contributed by atoms with Crippen LogP contribution in [0, 0.1) is 5.41 Å². The summed E-state index contributed by atoms with van der Waals surface area (Å²) in [6, 6.07) is 0. The Morgan fingerprint density at radius 1 is 0.818 bits per heavy atom. The van der Waals surface area contributed by atoms with Crippen molar-refractivity contribution in [2.24, 2.45) is 16.9 Å². The second kappa shape index (κ2) is 10.6. The van der Waals surface area contributed by atoms with Gasteiger partial charge in [-0.2, -0.15) is 0 Å². The van der Waals surface area contributed by atoms with Gasteiger partial charge in [0.25, 0.3) is 0 Å². The number of rotatable bonds is 12. The van der Waals surface area contributed by atoms with Crippen molar-refractivity contribution in [1.29, 1.82) is 0 Å². The van der Waals surface area contributed by atoms with Crippen LogP contribution in [0.2, 0.25) is 0 Å². The molecule has 1 aliphatic carbocycles. The van der Waals surface area contributed by atoms with Gasteiger partial charge in [0.2, 0.25) is 0 Å². The van der Waals surface area contributed by atoms with Gasteiger partial charge in [-0.25, -0.2) is 0 Å². The Balaban J connectivity index is 1.99. The Labute approximate surface area is 139 Å². The first-order chi connectivity index (χ1) is 10.6. The summed E-state index contributed by atoms with van der Waals surface area (Å²) in [5, 5.41) is 0. The van der Waals surface area contributed by atoms with E-state index in [1.54, 1.807) is 0 Å². The van der Waals surface area contributed by atoms with E-state index in [0.717, 1.165) is 6.54 Å². The summed E-state index contributed by atoms with van der Waals surface area (Å²) in [7, 11) is 0. The van der Waals surface area contributed by atoms with Gasteiger partial charge in [-0.3, -0.25) is 0 Å². The van der Waals surface area contributed by atoms with Crippen molar-refractivity contribution >= 4 is 0 Å². The van der Waals surface area contributed by atoms with Crippen LogP contribution in [-0.4, -0.2) is 12.1 Å². The first-order valence-electron chi connectivity index (χ1n) is 10.1. The predicted octanol–water partition coefficient (Wildman–Crippen LogP) is 5.53. The molecule has 1 saturated carbocycles. The quantitative estimate of drug-likeness (QED) is 0.465. The fourth-order valence-corrected chi connectivity index (χ4v) is 4.18. The Bertz CT molecular complexity index is 257. The summed E-state index contributed by atoms with van der Waals surface area (Å²) in [4.78, 5) is 0. The van der Waals surface area contributed by atoms with Crippen LogP contribution < -0.4 is 11.5 Å². The first-order valence-corrected chi connectivity index (χ1v) is 10.1. The summed E-state index contributed by atoms with van der Waals surface area (Å²) in [5.74, 6) is 0. The number of nitrogens with two attached hydrogens (primary N) is 2. The predicted molar refractivity (Wildman–Crippen MR) is 99.0 cm³/mol. The van der Waals surface area contributed by atoms with Gasteiger partial charge in [0, 0.05) is 5.54 Å². The normalized spacial score (nSPS) is 18.5. The smallest absolute Gasteiger partial charge is 0.0154 e. The van der Waals surface area contributed by atoms with E-state index in [1.807, 2.05) is 0 Å². The van der Waals surface area contributed by atoms with Crippen molar-refractivity contribution in [2.45, 2.75) is 116 Å². The third-order valence-corrected chi connectivity index (χ3v) is 6.41. The third-order valence-electron chi connectivity index (χ3n) is 6.41. The molecule has 0 aromatic rings.